The Bertz CT molecular complexity index is 650. The molecule has 0 aliphatic carbocycles. The number of amides is 1. The van der Waals surface area contributed by atoms with Crippen molar-refractivity contribution >= 4 is 29.6 Å². The van der Waals surface area contributed by atoms with Crippen molar-refractivity contribution < 1.29 is 19.4 Å². The molecule has 3 heterocycles. The molecule has 3 saturated heterocycles. The average molecular weight is 470 g/mol. The number of nitrogens with two attached hydrogens (primary N) is 2. The highest BCUT2D eigenvalue weighted by Gasteiger charge is 2.30. The SMILES string of the molecule is NC(=NC(=O)[C@@H](N)CC(=O)O)N1CCC(OCC[C@H]2CCCCN2[C@H]2CCCSC2)CC1. The fourth-order valence-corrected chi connectivity index (χ4v) is 6.13. The van der Waals surface area contributed by atoms with Crippen LogP contribution in [-0.2, 0) is 14.3 Å². The quantitative estimate of drug-likeness (QED) is 0.354. The van der Waals surface area contributed by atoms with Gasteiger partial charge in [0.2, 0.25) is 0 Å². The Morgan fingerprint density at radius 3 is 2.59 bits per heavy atom. The van der Waals surface area contributed by atoms with Gasteiger partial charge in [-0.2, -0.15) is 16.8 Å². The average Bonchev–Trinajstić information content (AvgIpc) is 2.80. The van der Waals surface area contributed by atoms with Crippen LogP contribution in [0.4, 0.5) is 0 Å². The zero-order chi connectivity index (χ0) is 22.9. The predicted molar refractivity (Wildman–Crippen MR) is 127 cm³/mol. The van der Waals surface area contributed by atoms with Crippen LogP contribution in [0.2, 0.25) is 0 Å². The summed E-state index contributed by atoms with van der Waals surface area (Å²) in [6.45, 7) is 3.35. The minimum Gasteiger partial charge on any atom is -0.481 e. The van der Waals surface area contributed by atoms with Crippen molar-refractivity contribution in [1.82, 2.24) is 9.80 Å². The third-order valence-corrected chi connectivity index (χ3v) is 7.98. The van der Waals surface area contributed by atoms with Gasteiger partial charge in [0.1, 0.15) is 0 Å². The van der Waals surface area contributed by atoms with Crippen LogP contribution >= 0.6 is 11.8 Å². The molecule has 0 saturated carbocycles. The number of guanidine groups is 1. The molecule has 1 amide bonds. The van der Waals surface area contributed by atoms with E-state index in [1.807, 2.05) is 4.90 Å². The molecule has 0 bridgehead atoms. The van der Waals surface area contributed by atoms with Gasteiger partial charge in [-0.1, -0.05) is 6.42 Å². The number of carboxylic acids is 1. The monoisotopic (exact) mass is 469 g/mol. The summed E-state index contributed by atoms with van der Waals surface area (Å²) in [6.07, 6.45) is 9.13. The lowest BCUT2D eigenvalue weighted by Gasteiger charge is -2.43. The smallest absolute Gasteiger partial charge is 0.305 e. The number of likely N-dealkylation sites (tertiary alicyclic amines) is 2. The molecule has 0 aromatic heterocycles. The second-order valence-corrected chi connectivity index (χ2v) is 10.3. The van der Waals surface area contributed by atoms with Gasteiger partial charge in [0.15, 0.2) is 5.96 Å². The van der Waals surface area contributed by atoms with Gasteiger partial charge in [-0.3, -0.25) is 14.5 Å². The molecule has 3 atom stereocenters. The Hall–Kier alpha value is -1.36. The van der Waals surface area contributed by atoms with Gasteiger partial charge in [0.25, 0.3) is 5.91 Å². The number of ether oxygens (including phenoxy) is 1. The first kappa shape index (κ1) is 25.3. The predicted octanol–water partition coefficient (Wildman–Crippen LogP) is 1.25. The van der Waals surface area contributed by atoms with Gasteiger partial charge in [-0.15, -0.1) is 0 Å². The topological polar surface area (TPSA) is 134 Å². The summed E-state index contributed by atoms with van der Waals surface area (Å²) < 4.78 is 6.22. The Kier molecular flexibility index (Phi) is 10.1. The van der Waals surface area contributed by atoms with Gasteiger partial charge in [-0.25, -0.2) is 0 Å². The number of aliphatic carboxylic acids is 1. The zero-order valence-corrected chi connectivity index (χ0v) is 19.8. The van der Waals surface area contributed by atoms with Gasteiger partial charge in [0.05, 0.1) is 18.6 Å². The van der Waals surface area contributed by atoms with Crippen LogP contribution in [0.15, 0.2) is 4.99 Å². The van der Waals surface area contributed by atoms with E-state index in [0.29, 0.717) is 19.1 Å². The van der Waals surface area contributed by atoms with Crippen LogP contribution in [0.3, 0.4) is 0 Å². The number of aliphatic imine (C=N–C) groups is 1. The fraction of sp³-hybridized carbons (Fsp3) is 0.864. The number of nitrogens with zero attached hydrogens (tertiary/aromatic N) is 3. The van der Waals surface area contributed by atoms with Crippen LogP contribution in [0, 0.1) is 0 Å². The van der Waals surface area contributed by atoms with E-state index in [9.17, 15) is 9.59 Å². The molecule has 0 radical (unpaired) electrons. The first-order chi connectivity index (χ1) is 15.4. The lowest BCUT2D eigenvalue weighted by molar-refractivity contribution is -0.139. The molecule has 9 nitrogen and oxygen atoms in total. The number of hydrogen-bond donors (Lipinski definition) is 3. The summed E-state index contributed by atoms with van der Waals surface area (Å²) >= 11 is 2.10. The summed E-state index contributed by atoms with van der Waals surface area (Å²) in [6, 6.07) is 0.227. The molecule has 5 N–H and O–H groups in total. The van der Waals surface area contributed by atoms with Crippen molar-refractivity contribution in [3.8, 4) is 0 Å². The number of piperidine rings is 2. The lowest BCUT2D eigenvalue weighted by Crippen LogP contribution is -2.49. The van der Waals surface area contributed by atoms with E-state index in [1.165, 1.54) is 50.2 Å². The zero-order valence-electron chi connectivity index (χ0n) is 19.0. The van der Waals surface area contributed by atoms with E-state index >= 15 is 0 Å². The molecule has 182 valence electrons. The molecule has 0 unspecified atom stereocenters. The molecule has 32 heavy (non-hydrogen) atoms. The maximum absolute atomic E-state index is 11.9. The number of carboxylic acid groups (broad SMARTS) is 1. The van der Waals surface area contributed by atoms with Crippen LogP contribution in [-0.4, -0.2) is 94.7 Å². The van der Waals surface area contributed by atoms with Crippen LogP contribution in [0.1, 0.15) is 57.8 Å². The second kappa shape index (κ2) is 12.8. The van der Waals surface area contributed by atoms with Crippen molar-refractivity contribution in [2.24, 2.45) is 16.5 Å². The van der Waals surface area contributed by atoms with E-state index in [4.69, 9.17) is 21.3 Å². The third-order valence-electron chi connectivity index (χ3n) is 6.79. The number of hydrogen-bond acceptors (Lipinski definition) is 6. The van der Waals surface area contributed by atoms with Crippen molar-refractivity contribution in [3.63, 3.8) is 0 Å². The highest BCUT2D eigenvalue weighted by Crippen LogP contribution is 2.29. The molecular weight excluding hydrogens is 430 g/mol. The molecule has 0 aromatic carbocycles. The summed E-state index contributed by atoms with van der Waals surface area (Å²) in [4.78, 5) is 31.0. The standard InChI is InChI=1S/C22H39N5O4S/c23-19(14-20(28)29)21(30)25-22(24)26-10-6-18(7-11-26)31-12-8-16-4-1-2-9-27(16)17-5-3-13-32-15-17/h16-19H,1-15,23H2,(H,28,29)(H2,24,25,30)/t16-,17+,19+/m1/s1. The normalized spacial score (nSPS) is 27.3. The molecule has 3 aliphatic rings. The lowest BCUT2D eigenvalue weighted by atomic mass is 9.96. The van der Waals surface area contributed by atoms with Crippen LogP contribution in [0.5, 0.6) is 0 Å². The Morgan fingerprint density at radius 1 is 1.12 bits per heavy atom. The van der Waals surface area contributed by atoms with E-state index in [-0.39, 0.29) is 12.1 Å². The van der Waals surface area contributed by atoms with Gasteiger partial charge >= 0.3 is 5.97 Å². The molecule has 0 aromatic rings. The molecule has 3 fully saturated rings. The van der Waals surface area contributed by atoms with Crippen molar-refractivity contribution in [2.75, 3.05) is 37.7 Å². The first-order valence-corrected chi connectivity index (χ1v) is 13.1. The minimum atomic E-state index is -1.17. The highest BCUT2D eigenvalue weighted by atomic mass is 32.2. The molecule has 0 spiro atoms. The highest BCUT2D eigenvalue weighted by molar-refractivity contribution is 7.99. The van der Waals surface area contributed by atoms with Crippen LogP contribution in [0.25, 0.3) is 0 Å². The van der Waals surface area contributed by atoms with Crippen molar-refractivity contribution in [1.29, 1.82) is 0 Å². The summed E-state index contributed by atoms with van der Waals surface area (Å²) in [5.41, 5.74) is 11.5. The van der Waals surface area contributed by atoms with E-state index < -0.39 is 24.3 Å². The molecular formula is C22H39N5O4S. The number of carbonyl (C=O) groups is 2. The molecule has 10 heteroatoms. The van der Waals surface area contributed by atoms with E-state index in [1.54, 1.807) is 0 Å². The van der Waals surface area contributed by atoms with Crippen molar-refractivity contribution in [3.05, 3.63) is 0 Å². The van der Waals surface area contributed by atoms with Gasteiger partial charge in [0, 0.05) is 37.5 Å². The minimum absolute atomic E-state index is 0.109. The van der Waals surface area contributed by atoms with Gasteiger partial charge in [-0.05, 0) is 57.2 Å². The largest absolute Gasteiger partial charge is 0.481 e. The van der Waals surface area contributed by atoms with Crippen LogP contribution < -0.4 is 11.5 Å². The summed E-state index contributed by atoms with van der Waals surface area (Å²) in [5.74, 6) is 0.874. The molecule has 3 aliphatic heterocycles. The van der Waals surface area contributed by atoms with E-state index in [2.05, 4.69) is 21.7 Å². The van der Waals surface area contributed by atoms with E-state index in [0.717, 1.165) is 31.9 Å². The Morgan fingerprint density at radius 2 is 1.91 bits per heavy atom. The van der Waals surface area contributed by atoms with Gasteiger partial charge < -0.3 is 26.2 Å². The summed E-state index contributed by atoms with van der Waals surface area (Å²) in [5, 5.41) is 8.74. The number of thioether (sulfide) groups is 1. The Balaban J connectivity index is 1.38. The molecule has 3 rings (SSSR count). The maximum atomic E-state index is 11.9. The Labute approximate surface area is 195 Å². The van der Waals surface area contributed by atoms with Crippen molar-refractivity contribution in [2.45, 2.75) is 82.0 Å². The second-order valence-electron chi connectivity index (χ2n) is 9.12. The summed E-state index contributed by atoms with van der Waals surface area (Å²) in [7, 11) is 0. The maximum Gasteiger partial charge on any atom is 0.305 e. The number of carbonyl (C=O) groups excluding carboxylic acids is 1. The first-order valence-electron chi connectivity index (χ1n) is 12.0. The number of rotatable bonds is 8. The third kappa shape index (κ3) is 7.60. The fourth-order valence-electron chi connectivity index (χ4n) is 4.96.